The molecule has 1 fully saturated rings. The van der Waals surface area contributed by atoms with Gasteiger partial charge in [-0.25, -0.2) is 13.4 Å². The first kappa shape index (κ1) is 21.9. The summed E-state index contributed by atoms with van der Waals surface area (Å²) in [5.74, 6) is -1.55. The number of aliphatic imine (C=N–C) groups is 1. The second kappa shape index (κ2) is 8.48. The molecule has 1 saturated heterocycles. The lowest BCUT2D eigenvalue weighted by Crippen LogP contribution is -2.44. The number of hydrogen-bond acceptors (Lipinski definition) is 8. The fourth-order valence-electron chi connectivity index (χ4n) is 4.06. The van der Waals surface area contributed by atoms with Gasteiger partial charge in [0.05, 0.1) is 11.7 Å². The topological polar surface area (TPSA) is 141 Å². The fraction of sp³-hybridized carbons (Fsp3) is 0.286. The molecule has 3 heterocycles. The van der Waals surface area contributed by atoms with Crippen LogP contribution in [0.2, 0.25) is 0 Å². The minimum absolute atomic E-state index is 0.148. The van der Waals surface area contributed by atoms with Crippen LogP contribution in [0.15, 0.2) is 47.6 Å². The van der Waals surface area contributed by atoms with Gasteiger partial charge in [0, 0.05) is 37.5 Å². The van der Waals surface area contributed by atoms with Crippen LogP contribution in [0.5, 0.6) is 5.75 Å². The SMILES string of the molecule is O=C1CN(c2c(O)cc(CNC3=NCC(Cn4ncc5ccccc54)CN3)cc2F)S(=O)(=O)N1. The molecule has 2 aromatic carbocycles. The Morgan fingerprint density at radius 1 is 1.26 bits per heavy atom. The number of aromatic nitrogens is 2. The quantitative estimate of drug-likeness (QED) is 0.409. The third kappa shape index (κ3) is 4.21. The number of fused-ring (bicyclic) bond motifs is 1. The molecular formula is C21H22FN7O4S. The van der Waals surface area contributed by atoms with Crippen molar-refractivity contribution in [3.05, 3.63) is 54.0 Å². The summed E-state index contributed by atoms with van der Waals surface area (Å²) in [5.41, 5.74) is 0.885. The Labute approximate surface area is 194 Å². The summed E-state index contributed by atoms with van der Waals surface area (Å²) in [5, 5.41) is 22.1. The lowest BCUT2D eigenvalue weighted by molar-refractivity contribution is -0.117. The van der Waals surface area contributed by atoms with Crippen LogP contribution in [0.3, 0.4) is 0 Å². The Morgan fingerprint density at radius 2 is 2.09 bits per heavy atom. The van der Waals surface area contributed by atoms with E-state index in [0.717, 1.165) is 17.0 Å². The van der Waals surface area contributed by atoms with Crippen molar-refractivity contribution in [2.75, 3.05) is 23.9 Å². The first-order chi connectivity index (χ1) is 16.3. The van der Waals surface area contributed by atoms with Crippen LogP contribution in [0.4, 0.5) is 10.1 Å². The van der Waals surface area contributed by atoms with E-state index in [1.165, 1.54) is 6.07 Å². The Hall–Kier alpha value is -3.87. The van der Waals surface area contributed by atoms with Crippen LogP contribution in [0.1, 0.15) is 5.56 Å². The molecule has 178 valence electrons. The Kier molecular flexibility index (Phi) is 5.48. The number of carbonyl (C=O) groups excluding carboxylic acids is 1. The highest BCUT2D eigenvalue weighted by molar-refractivity contribution is 7.92. The van der Waals surface area contributed by atoms with Crippen molar-refractivity contribution in [3.8, 4) is 5.75 Å². The normalized spacial score (nSPS) is 19.6. The third-order valence-electron chi connectivity index (χ3n) is 5.68. The number of nitrogens with zero attached hydrogens (tertiary/aromatic N) is 4. The van der Waals surface area contributed by atoms with Gasteiger partial charge in [0.25, 0.3) is 5.91 Å². The monoisotopic (exact) mass is 487 g/mol. The number of guanidine groups is 1. The first-order valence-corrected chi connectivity index (χ1v) is 12.0. The van der Waals surface area contributed by atoms with E-state index in [2.05, 4.69) is 20.7 Å². The van der Waals surface area contributed by atoms with Crippen LogP contribution in [-0.2, 0) is 28.1 Å². The Morgan fingerprint density at radius 3 is 2.79 bits per heavy atom. The molecule has 1 atom stereocenters. The maximum Gasteiger partial charge on any atom is 0.326 e. The highest BCUT2D eigenvalue weighted by Gasteiger charge is 2.37. The molecule has 1 unspecified atom stereocenters. The molecule has 0 bridgehead atoms. The number of carbonyl (C=O) groups is 1. The molecule has 13 heteroatoms. The molecule has 1 aromatic heterocycles. The molecule has 0 spiro atoms. The average Bonchev–Trinajstić information content (AvgIpc) is 3.32. The molecule has 0 saturated carbocycles. The number of hydrogen-bond donors (Lipinski definition) is 4. The highest BCUT2D eigenvalue weighted by atomic mass is 32.2. The predicted octanol–water partition coefficient (Wildman–Crippen LogP) is 0.427. The number of para-hydroxylation sites is 1. The van der Waals surface area contributed by atoms with Crippen molar-refractivity contribution in [2.45, 2.75) is 13.1 Å². The molecular weight excluding hydrogens is 465 g/mol. The van der Waals surface area contributed by atoms with Gasteiger partial charge >= 0.3 is 10.2 Å². The van der Waals surface area contributed by atoms with Crippen molar-refractivity contribution in [3.63, 3.8) is 0 Å². The largest absolute Gasteiger partial charge is 0.506 e. The number of phenols is 1. The summed E-state index contributed by atoms with van der Waals surface area (Å²) in [6.45, 7) is 1.52. The van der Waals surface area contributed by atoms with Crippen molar-refractivity contribution >= 4 is 38.7 Å². The standard InChI is InChI=1S/C21H22FN7O4S/c22-16-5-13(6-18(30)20(16)29-12-19(31)27-34(29,32)33)7-23-21-24-8-14(9-25-21)11-28-17-4-2-1-3-15(17)10-26-28/h1-6,10,14,30H,7-9,11-12H2,(H,27,31)(H2,23,24,25). The van der Waals surface area contributed by atoms with Gasteiger partial charge in [0.2, 0.25) is 0 Å². The molecule has 3 aromatic rings. The van der Waals surface area contributed by atoms with E-state index in [4.69, 9.17) is 0 Å². The average molecular weight is 488 g/mol. The number of nitrogens with one attached hydrogen (secondary N) is 3. The van der Waals surface area contributed by atoms with Crippen molar-refractivity contribution in [2.24, 2.45) is 10.9 Å². The second-order valence-electron chi connectivity index (χ2n) is 8.16. The summed E-state index contributed by atoms with van der Waals surface area (Å²) in [7, 11) is -4.23. The summed E-state index contributed by atoms with van der Waals surface area (Å²) in [6, 6.07) is 10.4. The van der Waals surface area contributed by atoms with Gasteiger partial charge in [-0.05, 0) is 23.8 Å². The smallest absolute Gasteiger partial charge is 0.326 e. The predicted molar refractivity (Wildman–Crippen MR) is 123 cm³/mol. The number of rotatable bonds is 5. The second-order valence-corrected chi connectivity index (χ2v) is 9.75. The zero-order valence-electron chi connectivity index (χ0n) is 17.9. The Balaban J connectivity index is 1.21. The number of aromatic hydroxyl groups is 1. The Bertz CT molecular complexity index is 1380. The lowest BCUT2D eigenvalue weighted by atomic mass is 10.1. The number of anilines is 1. The maximum absolute atomic E-state index is 14.7. The molecule has 0 aliphatic carbocycles. The van der Waals surface area contributed by atoms with E-state index in [-0.39, 0.29) is 12.5 Å². The first-order valence-electron chi connectivity index (χ1n) is 10.6. The zero-order valence-corrected chi connectivity index (χ0v) is 18.7. The maximum atomic E-state index is 14.7. The van der Waals surface area contributed by atoms with E-state index in [9.17, 15) is 22.7 Å². The molecule has 11 nitrogen and oxygen atoms in total. The van der Waals surface area contributed by atoms with Gasteiger partial charge in [0.1, 0.15) is 18.0 Å². The van der Waals surface area contributed by atoms with E-state index in [1.807, 2.05) is 35.1 Å². The van der Waals surface area contributed by atoms with Crippen LogP contribution >= 0.6 is 0 Å². The van der Waals surface area contributed by atoms with Crippen LogP contribution in [0, 0.1) is 11.7 Å². The summed E-state index contributed by atoms with van der Waals surface area (Å²) < 4.78 is 42.8. The minimum Gasteiger partial charge on any atom is -0.506 e. The van der Waals surface area contributed by atoms with E-state index in [1.54, 1.807) is 4.72 Å². The van der Waals surface area contributed by atoms with Crippen LogP contribution in [-0.4, -0.2) is 54.8 Å². The molecule has 2 aliphatic heterocycles. The minimum atomic E-state index is -4.23. The van der Waals surface area contributed by atoms with Gasteiger partial charge in [-0.2, -0.15) is 13.5 Å². The molecule has 2 aliphatic rings. The van der Waals surface area contributed by atoms with E-state index in [0.29, 0.717) is 35.5 Å². The summed E-state index contributed by atoms with van der Waals surface area (Å²) in [6.07, 6.45) is 1.84. The summed E-state index contributed by atoms with van der Waals surface area (Å²) in [4.78, 5) is 15.9. The molecule has 34 heavy (non-hydrogen) atoms. The van der Waals surface area contributed by atoms with Crippen molar-refractivity contribution in [1.82, 2.24) is 25.1 Å². The third-order valence-corrected chi connectivity index (χ3v) is 7.06. The van der Waals surface area contributed by atoms with Gasteiger partial charge in [0.15, 0.2) is 11.8 Å². The lowest BCUT2D eigenvalue weighted by Gasteiger charge is -2.24. The molecule has 4 N–H and O–H groups in total. The number of phenolic OH excluding ortho intramolecular Hbond substituents is 1. The van der Waals surface area contributed by atoms with Gasteiger partial charge < -0.3 is 15.7 Å². The molecule has 1 amide bonds. The fourth-order valence-corrected chi connectivity index (χ4v) is 5.23. The molecule has 5 rings (SSSR count). The van der Waals surface area contributed by atoms with Crippen LogP contribution < -0.4 is 19.7 Å². The number of amides is 1. The zero-order chi connectivity index (χ0) is 23.9. The number of halogens is 1. The van der Waals surface area contributed by atoms with E-state index >= 15 is 0 Å². The van der Waals surface area contributed by atoms with Gasteiger partial charge in [-0.15, -0.1) is 0 Å². The van der Waals surface area contributed by atoms with Gasteiger partial charge in [-0.1, -0.05) is 18.2 Å². The van der Waals surface area contributed by atoms with Crippen molar-refractivity contribution in [1.29, 1.82) is 0 Å². The van der Waals surface area contributed by atoms with Crippen LogP contribution in [0.25, 0.3) is 10.9 Å². The van der Waals surface area contributed by atoms with E-state index < -0.39 is 39.9 Å². The van der Waals surface area contributed by atoms with Gasteiger partial charge in [-0.3, -0.25) is 14.5 Å². The number of benzene rings is 2. The highest BCUT2D eigenvalue weighted by Crippen LogP contribution is 2.34. The molecule has 0 radical (unpaired) electrons. The van der Waals surface area contributed by atoms with Crippen molar-refractivity contribution < 1.29 is 22.7 Å². The summed E-state index contributed by atoms with van der Waals surface area (Å²) >= 11 is 0.